The molecular formula is C12H11N5O2. The van der Waals surface area contributed by atoms with Crippen molar-refractivity contribution in [2.75, 3.05) is 5.32 Å². The second kappa shape index (κ2) is 4.81. The van der Waals surface area contributed by atoms with E-state index in [0.29, 0.717) is 24.1 Å². The van der Waals surface area contributed by atoms with E-state index in [1.807, 2.05) is 0 Å². The van der Waals surface area contributed by atoms with E-state index < -0.39 is 0 Å². The average molecular weight is 257 g/mol. The van der Waals surface area contributed by atoms with Crippen LogP contribution in [0.2, 0.25) is 0 Å². The number of hydrogen-bond acceptors (Lipinski definition) is 6. The van der Waals surface area contributed by atoms with E-state index in [2.05, 4.69) is 25.4 Å². The Bertz CT molecular complexity index is 645. The molecule has 0 saturated carbocycles. The zero-order valence-electron chi connectivity index (χ0n) is 9.87. The fourth-order valence-electron chi connectivity index (χ4n) is 1.57. The third-order valence-electron chi connectivity index (χ3n) is 2.49. The molecule has 2 aromatic heterocycles. The van der Waals surface area contributed by atoms with Crippen LogP contribution in [0, 0.1) is 0 Å². The van der Waals surface area contributed by atoms with Gasteiger partial charge >= 0.3 is 0 Å². The summed E-state index contributed by atoms with van der Waals surface area (Å²) in [6.07, 6.45) is 3.32. The highest BCUT2D eigenvalue weighted by Gasteiger charge is 2.09. The number of rotatable bonds is 4. The van der Waals surface area contributed by atoms with Crippen molar-refractivity contribution in [3.8, 4) is 17.4 Å². The van der Waals surface area contributed by atoms with Crippen LogP contribution in [-0.2, 0) is 6.54 Å². The van der Waals surface area contributed by atoms with Gasteiger partial charge in [0.25, 0.3) is 0 Å². The van der Waals surface area contributed by atoms with E-state index in [1.165, 1.54) is 0 Å². The molecule has 0 unspecified atom stereocenters. The van der Waals surface area contributed by atoms with Crippen molar-refractivity contribution in [3.63, 3.8) is 0 Å². The minimum atomic E-state index is 0.225. The molecule has 0 aliphatic carbocycles. The molecule has 3 rings (SSSR count). The Morgan fingerprint density at radius 1 is 1.26 bits per heavy atom. The van der Waals surface area contributed by atoms with E-state index in [4.69, 9.17) is 4.52 Å². The van der Waals surface area contributed by atoms with Gasteiger partial charge in [-0.1, -0.05) is 5.16 Å². The molecule has 0 radical (unpaired) electrons. The minimum Gasteiger partial charge on any atom is -0.508 e. The lowest BCUT2D eigenvalue weighted by Gasteiger charge is -2.02. The van der Waals surface area contributed by atoms with Crippen molar-refractivity contribution < 1.29 is 9.63 Å². The topological polar surface area (TPSA) is 99.9 Å². The van der Waals surface area contributed by atoms with Gasteiger partial charge in [-0.05, 0) is 24.3 Å². The molecular weight excluding hydrogens is 246 g/mol. The van der Waals surface area contributed by atoms with E-state index in [0.717, 1.165) is 5.69 Å². The predicted octanol–water partition coefficient (Wildman–Crippen LogP) is 1.78. The fraction of sp³-hybridized carbons (Fsp3) is 0.0833. The Balaban J connectivity index is 1.66. The maximum Gasteiger partial charge on any atom is 0.246 e. The molecule has 0 bridgehead atoms. The predicted molar refractivity (Wildman–Crippen MR) is 67.3 cm³/mol. The zero-order valence-corrected chi connectivity index (χ0v) is 9.87. The average Bonchev–Trinajstić information content (AvgIpc) is 3.09. The molecule has 0 aliphatic heterocycles. The maximum atomic E-state index is 9.17. The second-order valence-electron chi connectivity index (χ2n) is 3.85. The summed E-state index contributed by atoms with van der Waals surface area (Å²) in [7, 11) is 0. The molecule has 0 aliphatic rings. The van der Waals surface area contributed by atoms with Crippen LogP contribution < -0.4 is 5.32 Å². The van der Waals surface area contributed by atoms with Gasteiger partial charge in [0, 0.05) is 18.1 Å². The van der Waals surface area contributed by atoms with Crippen molar-refractivity contribution in [1.29, 1.82) is 0 Å². The quantitative estimate of drug-likeness (QED) is 0.616. The molecule has 0 amide bonds. The summed E-state index contributed by atoms with van der Waals surface area (Å²) in [4.78, 5) is 11.1. The van der Waals surface area contributed by atoms with Crippen LogP contribution in [0.15, 0.2) is 41.2 Å². The molecule has 19 heavy (non-hydrogen) atoms. The van der Waals surface area contributed by atoms with Crippen molar-refractivity contribution >= 4 is 5.69 Å². The molecule has 0 fully saturated rings. The van der Waals surface area contributed by atoms with Gasteiger partial charge in [-0.25, -0.2) is 4.98 Å². The van der Waals surface area contributed by atoms with Crippen LogP contribution in [0.25, 0.3) is 11.6 Å². The van der Waals surface area contributed by atoms with Gasteiger partial charge in [0.05, 0.1) is 6.54 Å². The van der Waals surface area contributed by atoms with Gasteiger partial charge in [-0.3, -0.25) is 0 Å². The maximum absolute atomic E-state index is 9.17. The summed E-state index contributed by atoms with van der Waals surface area (Å²) >= 11 is 0. The highest BCUT2D eigenvalue weighted by atomic mass is 16.5. The summed E-state index contributed by atoms with van der Waals surface area (Å²) in [5.41, 5.74) is 0.857. The lowest BCUT2D eigenvalue weighted by Crippen LogP contribution is -1.99. The lowest BCUT2D eigenvalue weighted by atomic mass is 10.3. The molecule has 0 saturated heterocycles. The molecule has 2 heterocycles. The summed E-state index contributed by atoms with van der Waals surface area (Å²) in [5.74, 6) is 1.68. The monoisotopic (exact) mass is 257 g/mol. The molecule has 1 aromatic carbocycles. The van der Waals surface area contributed by atoms with E-state index >= 15 is 0 Å². The summed E-state index contributed by atoms with van der Waals surface area (Å²) in [5, 5.41) is 16.1. The van der Waals surface area contributed by atoms with Gasteiger partial charge in [0.15, 0.2) is 5.82 Å². The van der Waals surface area contributed by atoms with Crippen LogP contribution in [0.3, 0.4) is 0 Å². The van der Waals surface area contributed by atoms with E-state index in [1.54, 1.807) is 36.7 Å². The van der Waals surface area contributed by atoms with Gasteiger partial charge in [0.1, 0.15) is 5.75 Å². The van der Waals surface area contributed by atoms with Crippen molar-refractivity contribution in [2.45, 2.75) is 6.54 Å². The van der Waals surface area contributed by atoms with E-state index in [9.17, 15) is 5.11 Å². The largest absolute Gasteiger partial charge is 0.508 e. The number of nitrogens with zero attached hydrogens (tertiary/aromatic N) is 3. The number of imidazole rings is 1. The van der Waals surface area contributed by atoms with Crippen molar-refractivity contribution in [1.82, 2.24) is 20.1 Å². The number of hydrogen-bond donors (Lipinski definition) is 3. The Morgan fingerprint density at radius 3 is 2.84 bits per heavy atom. The Labute approximate surface area is 108 Å². The summed E-state index contributed by atoms with van der Waals surface area (Å²) in [6.45, 7) is 0.401. The first-order valence-corrected chi connectivity index (χ1v) is 5.66. The number of phenolic OH excluding ortho intramolecular Hbond substituents is 1. The molecule has 7 heteroatoms. The van der Waals surface area contributed by atoms with Crippen LogP contribution in [-0.4, -0.2) is 25.2 Å². The number of anilines is 1. The minimum absolute atomic E-state index is 0.225. The number of H-pyrrole nitrogens is 1. The second-order valence-corrected chi connectivity index (χ2v) is 3.85. The normalized spacial score (nSPS) is 10.5. The molecule has 0 spiro atoms. The van der Waals surface area contributed by atoms with Crippen LogP contribution in [0.1, 0.15) is 5.89 Å². The number of benzene rings is 1. The van der Waals surface area contributed by atoms with Gasteiger partial charge in [0.2, 0.25) is 11.7 Å². The highest BCUT2D eigenvalue weighted by molar-refractivity contribution is 5.46. The Morgan fingerprint density at radius 2 is 2.11 bits per heavy atom. The fourth-order valence-corrected chi connectivity index (χ4v) is 1.57. The number of phenols is 1. The molecule has 0 atom stereocenters. The zero-order chi connectivity index (χ0) is 13.1. The van der Waals surface area contributed by atoms with Gasteiger partial charge < -0.3 is 19.9 Å². The first-order chi connectivity index (χ1) is 9.31. The molecule has 3 N–H and O–H groups in total. The third kappa shape index (κ3) is 2.54. The summed E-state index contributed by atoms with van der Waals surface area (Å²) in [6, 6.07) is 6.73. The van der Waals surface area contributed by atoms with E-state index in [-0.39, 0.29) is 5.75 Å². The summed E-state index contributed by atoms with van der Waals surface area (Å²) < 4.78 is 5.10. The van der Waals surface area contributed by atoms with Crippen LogP contribution in [0.4, 0.5) is 5.69 Å². The van der Waals surface area contributed by atoms with Crippen LogP contribution >= 0.6 is 0 Å². The number of aromatic amines is 1. The Kier molecular flexibility index (Phi) is 2.85. The SMILES string of the molecule is Oc1ccc(NCc2nc(-c3ncc[nH]3)no2)cc1. The van der Waals surface area contributed by atoms with Gasteiger partial charge in [-0.2, -0.15) is 4.98 Å². The lowest BCUT2D eigenvalue weighted by molar-refractivity contribution is 0.384. The standard InChI is InChI=1S/C12H11N5O2/c18-9-3-1-8(2-4-9)15-7-10-16-12(17-19-10)11-13-5-6-14-11/h1-6,15,18H,7H2,(H,13,14). The molecule has 7 nitrogen and oxygen atoms in total. The van der Waals surface area contributed by atoms with Crippen molar-refractivity contribution in [2.24, 2.45) is 0 Å². The van der Waals surface area contributed by atoms with Crippen molar-refractivity contribution in [3.05, 3.63) is 42.5 Å². The van der Waals surface area contributed by atoms with Gasteiger partial charge in [-0.15, -0.1) is 0 Å². The van der Waals surface area contributed by atoms with Crippen LogP contribution in [0.5, 0.6) is 5.75 Å². The third-order valence-corrected chi connectivity index (χ3v) is 2.49. The smallest absolute Gasteiger partial charge is 0.246 e. The molecule has 3 aromatic rings. The number of aromatic hydroxyl groups is 1. The number of aromatic nitrogens is 4. The molecule has 96 valence electrons. The number of nitrogens with one attached hydrogen (secondary N) is 2. The highest BCUT2D eigenvalue weighted by Crippen LogP contribution is 2.15. The first-order valence-electron chi connectivity index (χ1n) is 5.66. The first kappa shape index (κ1) is 11.3. The Hall–Kier alpha value is -2.83.